The molecule has 0 fully saturated rings. The first kappa shape index (κ1) is 14.9. The van der Waals surface area contributed by atoms with Crippen LogP contribution in [0.3, 0.4) is 0 Å². The van der Waals surface area contributed by atoms with Crippen LogP contribution in [0.5, 0.6) is 0 Å². The zero-order chi connectivity index (χ0) is 16.7. The number of fused-ring (bicyclic) bond motifs is 2. The minimum absolute atomic E-state index is 0.322. The van der Waals surface area contributed by atoms with E-state index in [0.717, 1.165) is 30.5 Å². The summed E-state index contributed by atoms with van der Waals surface area (Å²) in [6, 6.07) is 4.40. The van der Waals surface area contributed by atoms with Crippen LogP contribution in [0.1, 0.15) is 37.6 Å². The minimum Gasteiger partial charge on any atom is -0.384 e. The van der Waals surface area contributed by atoms with Crippen LogP contribution < -0.4 is 11.1 Å². The highest BCUT2D eigenvalue weighted by Gasteiger charge is 2.24. The van der Waals surface area contributed by atoms with E-state index in [1.54, 1.807) is 6.07 Å². The van der Waals surface area contributed by atoms with Crippen molar-refractivity contribution in [3.8, 4) is 0 Å². The van der Waals surface area contributed by atoms with Gasteiger partial charge in [0.15, 0.2) is 5.65 Å². The van der Waals surface area contributed by atoms with Crippen LogP contribution in [0, 0.1) is 0 Å². The molecule has 24 heavy (non-hydrogen) atoms. The van der Waals surface area contributed by atoms with E-state index in [1.807, 2.05) is 12.3 Å². The molecule has 0 aromatic carbocycles. The van der Waals surface area contributed by atoms with Crippen LogP contribution in [-0.2, 0) is 12.8 Å². The summed E-state index contributed by atoms with van der Waals surface area (Å²) in [4.78, 5) is 12.9. The largest absolute Gasteiger partial charge is 0.384 e. The quantitative estimate of drug-likeness (QED) is 0.768. The number of nitrogens with zero attached hydrogens (tertiary/aromatic N) is 5. The Morgan fingerprint density at radius 2 is 2.17 bits per heavy atom. The number of hydrogen-bond acceptors (Lipinski definition) is 6. The van der Waals surface area contributed by atoms with E-state index in [9.17, 15) is 0 Å². The smallest absolute Gasteiger partial charge is 0.166 e. The molecular formula is C17H21N7. The lowest BCUT2D eigenvalue weighted by Gasteiger charge is -2.26. The number of nitrogens with one attached hydrogen (secondary N) is 1. The molecule has 0 radical (unpaired) electrons. The van der Waals surface area contributed by atoms with Crippen molar-refractivity contribution in [1.82, 2.24) is 24.7 Å². The first-order valence-electron chi connectivity index (χ1n) is 8.31. The molecule has 124 valence electrons. The van der Waals surface area contributed by atoms with Gasteiger partial charge in [-0.2, -0.15) is 5.10 Å². The van der Waals surface area contributed by atoms with Gasteiger partial charge in [0.05, 0.1) is 11.6 Å². The maximum atomic E-state index is 5.74. The molecule has 3 aromatic heterocycles. The Balaban J connectivity index is 1.62. The Hall–Kier alpha value is -2.70. The summed E-state index contributed by atoms with van der Waals surface area (Å²) < 4.78 is 2.13. The highest BCUT2D eigenvalue weighted by atomic mass is 15.3. The van der Waals surface area contributed by atoms with Crippen molar-refractivity contribution >= 4 is 22.7 Å². The molecule has 7 heteroatoms. The van der Waals surface area contributed by atoms with Gasteiger partial charge in [-0.3, -0.25) is 4.68 Å². The number of anilines is 2. The summed E-state index contributed by atoms with van der Waals surface area (Å²) in [5.41, 5.74) is 9.06. The van der Waals surface area contributed by atoms with Gasteiger partial charge in [0, 0.05) is 24.2 Å². The van der Waals surface area contributed by atoms with Crippen LogP contribution in [0.2, 0.25) is 0 Å². The van der Waals surface area contributed by atoms with E-state index in [2.05, 4.69) is 43.9 Å². The Morgan fingerprint density at radius 3 is 3.00 bits per heavy atom. The highest BCUT2D eigenvalue weighted by Crippen LogP contribution is 2.27. The van der Waals surface area contributed by atoms with Gasteiger partial charge in [0.25, 0.3) is 0 Å². The van der Waals surface area contributed by atoms with Crippen LogP contribution in [0.25, 0.3) is 11.0 Å². The first-order chi connectivity index (χ1) is 11.6. The van der Waals surface area contributed by atoms with Crippen molar-refractivity contribution in [2.45, 2.75) is 45.2 Å². The van der Waals surface area contributed by atoms with E-state index >= 15 is 0 Å². The Kier molecular flexibility index (Phi) is 3.55. The van der Waals surface area contributed by atoms with Crippen molar-refractivity contribution in [2.24, 2.45) is 0 Å². The number of aromatic nitrogens is 5. The number of nitrogens with two attached hydrogens (primary N) is 1. The average Bonchev–Trinajstić information content (AvgIpc) is 2.98. The van der Waals surface area contributed by atoms with Crippen molar-refractivity contribution in [3.05, 3.63) is 35.9 Å². The number of pyridine rings is 1. The van der Waals surface area contributed by atoms with Gasteiger partial charge in [0.2, 0.25) is 0 Å². The highest BCUT2D eigenvalue weighted by molar-refractivity contribution is 5.87. The number of rotatable bonds is 3. The summed E-state index contributed by atoms with van der Waals surface area (Å²) in [5.74, 6) is 1.28. The van der Waals surface area contributed by atoms with E-state index < -0.39 is 0 Å². The molecule has 4 rings (SSSR count). The second-order valence-corrected chi connectivity index (χ2v) is 6.57. The van der Waals surface area contributed by atoms with Crippen LogP contribution in [0.15, 0.2) is 24.7 Å². The van der Waals surface area contributed by atoms with Gasteiger partial charge < -0.3 is 11.1 Å². The average molecular weight is 323 g/mol. The third-order valence-corrected chi connectivity index (χ3v) is 4.54. The van der Waals surface area contributed by atoms with Gasteiger partial charge in [-0.25, -0.2) is 15.0 Å². The summed E-state index contributed by atoms with van der Waals surface area (Å²) >= 11 is 0. The summed E-state index contributed by atoms with van der Waals surface area (Å²) in [5, 5.41) is 9.00. The third-order valence-electron chi connectivity index (χ3n) is 4.54. The molecule has 0 aliphatic heterocycles. The fourth-order valence-corrected chi connectivity index (χ4v) is 3.36. The fourth-order valence-electron chi connectivity index (χ4n) is 3.36. The van der Waals surface area contributed by atoms with Crippen molar-refractivity contribution in [2.75, 3.05) is 11.1 Å². The summed E-state index contributed by atoms with van der Waals surface area (Å²) in [7, 11) is 0. The second kappa shape index (κ2) is 5.74. The predicted octanol–water partition coefficient (Wildman–Crippen LogP) is 2.35. The van der Waals surface area contributed by atoms with E-state index in [1.165, 1.54) is 17.6 Å². The fraction of sp³-hybridized carbons (Fsp3) is 0.412. The van der Waals surface area contributed by atoms with Crippen molar-refractivity contribution in [3.63, 3.8) is 0 Å². The molecular weight excluding hydrogens is 302 g/mol. The minimum atomic E-state index is 0.322. The molecule has 1 atom stereocenters. The van der Waals surface area contributed by atoms with Gasteiger partial charge in [-0.05, 0) is 44.4 Å². The monoisotopic (exact) mass is 323 g/mol. The molecule has 1 aliphatic rings. The number of hydrogen-bond donors (Lipinski definition) is 2. The zero-order valence-corrected chi connectivity index (χ0v) is 13.9. The molecule has 0 amide bonds. The van der Waals surface area contributed by atoms with Crippen molar-refractivity contribution < 1.29 is 0 Å². The second-order valence-electron chi connectivity index (χ2n) is 6.57. The van der Waals surface area contributed by atoms with E-state index in [0.29, 0.717) is 23.5 Å². The number of nitrogen functional groups attached to an aromatic ring is 1. The lowest BCUT2D eigenvalue weighted by atomic mass is 9.93. The summed E-state index contributed by atoms with van der Waals surface area (Å²) in [6.45, 7) is 4.33. The standard InChI is InChI=1S/C17H21N7/c1-10(2)24-14-7-12(4-3-11(14)8-21-24)22-16-13-5-6-15(18)23-17(13)20-9-19-16/h5-6,8-10,12H,3-4,7H2,1-2H3,(H3,18,19,20,22,23). The predicted molar refractivity (Wildman–Crippen MR) is 93.8 cm³/mol. The molecule has 3 aromatic rings. The molecule has 0 bridgehead atoms. The molecule has 1 aliphatic carbocycles. The molecule has 3 heterocycles. The Labute approximate surface area is 140 Å². The van der Waals surface area contributed by atoms with E-state index in [-0.39, 0.29) is 0 Å². The lowest BCUT2D eigenvalue weighted by Crippen LogP contribution is -2.29. The van der Waals surface area contributed by atoms with Gasteiger partial charge in [-0.1, -0.05) is 0 Å². The van der Waals surface area contributed by atoms with Gasteiger partial charge in [-0.15, -0.1) is 0 Å². The summed E-state index contributed by atoms with van der Waals surface area (Å²) in [6.07, 6.45) is 6.59. The molecule has 1 unspecified atom stereocenters. The molecule has 0 saturated carbocycles. The van der Waals surface area contributed by atoms with Crippen LogP contribution in [-0.4, -0.2) is 30.8 Å². The Bertz CT molecular complexity index is 884. The SMILES string of the molecule is CC(C)n1ncc2c1CC(Nc1ncnc3nc(N)ccc13)CC2. The van der Waals surface area contributed by atoms with Crippen LogP contribution >= 0.6 is 0 Å². The zero-order valence-electron chi connectivity index (χ0n) is 13.9. The maximum Gasteiger partial charge on any atom is 0.166 e. The first-order valence-corrected chi connectivity index (χ1v) is 8.31. The van der Waals surface area contributed by atoms with Crippen LogP contribution in [0.4, 0.5) is 11.6 Å². The van der Waals surface area contributed by atoms with E-state index in [4.69, 9.17) is 5.73 Å². The third kappa shape index (κ3) is 2.55. The van der Waals surface area contributed by atoms with Crippen molar-refractivity contribution in [1.29, 1.82) is 0 Å². The Morgan fingerprint density at radius 1 is 1.29 bits per heavy atom. The molecule has 7 nitrogen and oxygen atoms in total. The topological polar surface area (TPSA) is 94.5 Å². The number of aryl methyl sites for hydroxylation is 1. The molecule has 0 saturated heterocycles. The molecule has 0 spiro atoms. The molecule has 3 N–H and O–H groups in total. The normalized spacial score (nSPS) is 17.2. The van der Waals surface area contributed by atoms with Gasteiger partial charge in [0.1, 0.15) is 18.0 Å². The van der Waals surface area contributed by atoms with Gasteiger partial charge >= 0.3 is 0 Å². The maximum absolute atomic E-state index is 5.74. The lowest BCUT2D eigenvalue weighted by molar-refractivity contribution is 0.484.